The molecule has 0 radical (unpaired) electrons. The van der Waals surface area contributed by atoms with Gasteiger partial charge in [-0.3, -0.25) is 27.1 Å². The van der Waals surface area contributed by atoms with E-state index in [1.807, 2.05) is 0 Å². The summed E-state index contributed by atoms with van der Waals surface area (Å²) in [5.74, 6) is 0. The van der Waals surface area contributed by atoms with Crippen LogP contribution in [0.1, 0.15) is 0 Å². The molecule has 0 bridgehead atoms. The molecule has 1 saturated carbocycles. The van der Waals surface area contributed by atoms with E-state index in [9.17, 15) is 85.5 Å². The number of rotatable bonds is 16. The zero-order valence-corrected chi connectivity index (χ0v) is 27.0. The third-order valence-electron chi connectivity index (χ3n) is 3.91. The van der Waals surface area contributed by atoms with Gasteiger partial charge in [-0.2, -0.15) is 8.62 Å². The Balaban J connectivity index is 4.25. The molecule has 0 spiro atoms. The Kier molecular flexibility index (Phi) is 14.1. The molecule has 0 aromatic carbocycles. The predicted molar refractivity (Wildman–Crippen MR) is 123 cm³/mol. The first-order valence-electron chi connectivity index (χ1n) is 9.50. The highest BCUT2D eigenvalue weighted by atomic mass is 31.3. The second-order valence-electron chi connectivity index (χ2n) is 7.46. The molecule has 0 heterocycles. The monoisotopic (exact) mass is 820 g/mol. The van der Waals surface area contributed by atoms with Gasteiger partial charge in [0.05, 0.1) is 0 Å². The fourth-order valence-corrected chi connectivity index (χ4v) is 8.87. The molecule has 0 aliphatic heterocycles. The summed E-state index contributed by atoms with van der Waals surface area (Å²) >= 11 is 0. The maximum atomic E-state index is 12.3. The summed E-state index contributed by atoms with van der Waals surface area (Å²) in [6.07, 6.45) is -21.0. The van der Waals surface area contributed by atoms with Gasteiger partial charge in [-0.15, -0.1) is 0 Å². The third-order valence-corrected chi connectivity index (χ3v) is 10.4. The van der Waals surface area contributed by atoms with Crippen molar-refractivity contribution in [1.29, 1.82) is 0 Å². The van der Waals surface area contributed by atoms with Crippen LogP contribution in [0.2, 0.25) is 0 Å². The Labute approximate surface area is 240 Å². The van der Waals surface area contributed by atoms with E-state index in [1.54, 1.807) is 0 Å². The van der Waals surface area contributed by atoms with Crippen molar-refractivity contribution >= 4 is 62.6 Å². The SMILES string of the molecule is O=P(O)(O)OC1C(OP(=O)(O)O)C(OP(=O)(O)O)C(OP(=O)(O)OP(=O)(O)O)C(OP(=O)(O)OP(=O)(O)O)C1OP(=O)(O)O. The summed E-state index contributed by atoms with van der Waals surface area (Å²) in [6, 6.07) is 0. The van der Waals surface area contributed by atoms with Crippen molar-refractivity contribution in [2.75, 3.05) is 0 Å². The first-order chi connectivity index (χ1) is 19.0. The highest BCUT2D eigenvalue weighted by molar-refractivity contribution is 7.61. The highest BCUT2D eigenvalue weighted by Crippen LogP contribution is 2.64. The molecule has 38 heteroatoms. The van der Waals surface area contributed by atoms with Gasteiger partial charge in [0, 0.05) is 0 Å². The van der Waals surface area contributed by atoms with Crippen molar-refractivity contribution in [2.24, 2.45) is 0 Å². The second-order valence-corrected chi connectivity index (χ2v) is 17.8. The Hall–Kier alpha value is 0.960. The molecule has 0 amide bonds. The molecule has 1 aliphatic carbocycles. The van der Waals surface area contributed by atoms with Crippen molar-refractivity contribution in [3.05, 3.63) is 0 Å². The van der Waals surface area contributed by atoms with Crippen LogP contribution in [-0.4, -0.2) is 105 Å². The first kappa shape index (κ1) is 43.0. The quantitative estimate of drug-likeness (QED) is 0.0694. The summed E-state index contributed by atoms with van der Waals surface area (Å²) in [6.45, 7) is 0. The van der Waals surface area contributed by atoms with E-state index >= 15 is 0 Å². The average Bonchev–Trinajstić information content (AvgIpc) is 2.62. The molecular formula is C6H20O30P8. The lowest BCUT2D eigenvalue weighted by atomic mass is 9.85. The topological polar surface area (TPSA) is 494 Å². The number of hydrogen-bond acceptors (Lipinski definition) is 16. The summed E-state index contributed by atoms with van der Waals surface area (Å²) < 4.78 is 125. The Morgan fingerprint density at radius 2 is 0.432 bits per heavy atom. The molecule has 44 heavy (non-hydrogen) atoms. The molecule has 8 atom stereocenters. The molecule has 1 rings (SSSR count). The van der Waals surface area contributed by atoms with Crippen LogP contribution in [0.25, 0.3) is 0 Å². The van der Waals surface area contributed by atoms with Crippen molar-refractivity contribution in [1.82, 2.24) is 0 Å². The van der Waals surface area contributed by atoms with Crippen LogP contribution >= 0.6 is 62.6 Å². The van der Waals surface area contributed by atoms with Crippen molar-refractivity contribution < 1.29 is 141 Å². The maximum absolute atomic E-state index is 12.3. The average molecular weight is 820 g/mol. The van der Waals surface area contributed by atoms with E-state index in [0.717, 1.165) is 0 Å². The number of phosphoric ester groups is 6. The van der Waals surface area contributed by atoms with Gasteiger partial charge in [-0.1, -0.05) is 0 Å². The van der Waals surface area contributed by atoms with E-state index in [1.165, 1.54) is 0 Å². The van der Waals surface area contributed by atoms with Gasteiger partial charge >= 0.3 is 62.6 Å². The molecule has 14 N–H and O–H groups in total. The molecule has 264 valence electrons. The maximum Gasteiger partial charge on any atom is 0.481 e. The van der Waals surface area contributed by atoms with E-state index in [2.05, 4.69) is 35.8 Å². The molecule has 8 unspecified atom stereocenters. The lowest BCUT2D eigenvalue weighted by molar-refractivity contribution is -0.201. The normalized spacial score (nSPS) is 29.1. The van der Waals surface area contributed by atoms with Gasteiger partial charge in [-0.05, 0) is 0 Å². The smallest absolute Gasteiger partial charge is 0.303 e. The van der Waals surface area contributed by atoms with Crippen LogP contribution < -0.4 is 0 Å². The standard InChI is InChI=1S/C6H20O30P8/c7-37(8,9)29-1-2(30-38(10,11)12)4(32-40(16,17)18)6(34-44(27,28)36-42(22,23)24)5(3(1)31-39(13,14)15)33-43(25,26)35-41(19,20)21/h1-6H,(H,25,26)(H,27,28)(H2,7,8,9)(H2,10,11,12)(H2,13,14,15)(H2,16,17,18)(H2,19,20,21)(H2,22,23,24). The zero-order valence-electron chi connectivity index (χ0n) is 19.8. The Bertz CT molecular complexity index is 1290. The van der Waals surface area contributed by atoms with Crippen LogP contribution in [-0.2, 0) is 72.3 Å². The van der Waals surface area contributed by atoms with Crippen LogP contribution in [0.4, 0.5) is 0 Å². The van der Waals surface area contributed by atoms with Crippen LogP contribution in [0.5, 0.6) is 0 Å². The van der Waals surface area contributed by atoms with E-state index in [4.69, 9.17) is 19.6 Å². The highest BCUT2D eigenvalue weighted by Gasteiger charge is 2.63. The second kappa shape index (κ2) is 14.4. The van der Waals surface area contributed by atoms with Gasteiger partial charge in [0.1, 0.15) is 36.6 Å². The Morgan fingerprint density at radius 3 is 0.568 bits per heavy atom. The zero-order chi connectivity index (χ0) is 35.1. The number of hydrogen-bond donors (Lipinski definition) is 14. The number of phosphoric acid groups is 8. The van der Waals surface area contributed by atoms with Gasteiger partial charge in [0.15, 0.2) is 0 Å². The lowest BCUT2D eigenvalue weighted by Crippen LogP contribution is -2.66. The molecule has 0 aromatic rings. The minimum Gasteiger partial charge on any atom is -0.303 e. The van der Waals surface area contributed by atoms with E-state index in [0.29, 0.717) is 0 Å². The van der Waals surface area contributed by atoms with Crippen LogP contribution in [0, 0.1) is 0 Å². The van der Waals surface area contributed by atoms with Crippen LogP contribution in [0.3, 0.4) is 0 Å². The van der Waals surface area contributed by atoms with Crippen molar-refractivity contribution in [3.63, 3.8) is 0 Å². The Morgan fingerprint density at radius 1 is 0.273 bits per heavy atom. The largest absolute Gasteiger partial charge is 0.481 e. The van der Waals surface area contributed by atoms with Crippen LogP contribution in [0.15, 0.2) is 0 Å². The lowest BCUT2D eigenvalue weighted by Gasteiger charge is -2.48. The summed E-state index contributed by atoms with van der Waals surface area (Å²) in [4.78, 5) is 129. The summed E-state index contributed by atoms with van der Waals surface area (Å²) in [5.41, 5.74) is 0. The molecule has 1 aliphatic rings. The van der Waals surface area contributed by atoms with Gasteiger partial charge < -0.3 is 68.5 Å². The fourth-order valence-electron chi connectivity index (χ4n) is 3.09. The van der Waals surface area contributed by atoms with E-state index < -0.39 is 99.2 Å². The van der Waals surface area contributed by atoms with Crippen molar-refractivity contribution in [3.8, 4) is 0 Å². The predicted octanol–water partition coefficient (Wildman–Crippen LogP) is -2.90. The summed E-state index contributed by atoms with van der Waals surface area (Å²) in [5, 5.41) is 0. The molecule has 1 fully saturated rings. The molecule has 0 saturated heterocycles. The van der Waals surface area contributed by atoms with Gasteiger partial charge in [-0.25, -0.2) is 36.5 Å². The fraction of sp³-hybridized carbons (Fsp3) is 1.00. The minimum atomic E-state index is -6.58. The van der Waals surface area contributed by atoms with Crippen molar-refractivity contribution in [2.45, 2.75) is 36.6 Å². The van der Waals surface area contributed by atoms with E-state index in [-0.39, 0.29) is 0 Å². The minimum absolute atomic E-state index is 3.36. The van der Waals surface area contributed by atoms with Gasteiger partial charge in [0.2, 0.25) is 0 Å². The summed E-state index contributed by atoms with van der Waals surface area (Å²) in [7, 11) is -50.6. The first-order valence-corrected chi connectivity index (χ1v) is 21.7. The van der Waals surface area contributed by atoms with Gasteiger partial charge in [0.25, 0.3) is 0 Å². The molecule has 30 nitrogen and oxygen atoms in total. The molecule has 0 aromatic heterocycles. The third kappa shape index (κ3) is 16.9. The molecular weight excluding hydrogens is 800 g/mol.